The zero-order valence-corrected chi connectivity index (χ0v) is 12.6. The average Bonchev–Trinajstić information content (AvgIpc) is 2.47. The van der Waals surface area contributed by atoms with Gasteiger partial charge in [0.05, 0.1) is 16.8 Å². The molecular formula is C15H15ClN2OS. The summed E-state index contributed by atoms with van der Waals surface area (Å²) in [6.07, 6.45) is 3.44. The first-order chi connectivity index (χ1) is 9.66. The SMILES string of the molecule is CC(NC(=O)CSc1ccccc1Cl)c1ccncc1. The van der Waals surface area contributed by atoms with E-state index in [1.54, 1.807) is 12.4 Å². The number of rotatable bonds is 5. The Balaban J connectivity index is 1.86. The summed E-state index contributed by atoms with van der Waals surface area (Å²) in [6, 6.07) is 11.3. The van der Waals surface area contributed by atoms with Crippen molar-refractivity contribution in [3.8, 4) is 0 Å². The Labute approximate surface area is 127 Å². The highest BCUT2D eigenvalue weighted by molar-refractivity contribution is 8.00. The number of nitrogens with one attached hydrogen (secondary N) is 1. The topological polar surface area (TPSA) is 42.0 Å². The van der Waals surface area contributed by atoms with Crippen molar-refractivity contribution >= 4 is 29.3 Å². The van der Waals surface area contributed by atoms with Crippen LogP contribution in [0.1, 0.15) is 18.5 Å². The summed E-state index contributed by atoms with van der Waals surface area (Å²) in [7, 11) is 0. The van der Waals surface area contributed by atoms with E-state index >= 15 is 0 Å². The van der Waals surface area contributed by atoms with Crippen molar-refractivity contribution in [2.75, 3.05) is 5.75 Å². The largest absolute Gasteiger partial charge is 0.349 e. The third-order valence-electron chi connectivity index (χ3n) is 2.78. The summed E-state index contributed by atoms with van der Waals surface area (Å²) < 4.78 is 0. The summed E-state index contributed by atoms with van der Waals surface area (Å²) in [5.74, 6) is 0.332. The van der Waals surface area contributed by atoms with E-state index in [2.05, 4.69) is 10.3 Å². The van der Waals surface area contributed by atoms with E-state index in [1.165, 1.54) is 11.8 Å². The molecule has 0 spiro atoms. The molecule has 5 heteroatoms. The van der Waals surface area contributed by atoms with Crippen LogP contribution >= 0.6 is 23.4 Å². The Kier molecular flexibility index (Phi) is 5.44. The van der Waals surface area contributed by atoms with Gasteiger partial charge in [0.25, 0.3) is 0 Å². The minimum Gasteiger partial charge on any atom is -0.349 e. The molecule has 3 nitrogen and oxygen atoms in total. The number of amides is 1. The molecule has 104 valence electrons. The zero-order valence-electron chi connectivity index (χ0n) is 11.0. The van der Waals surface area contributed by atoms with Gasteiger partial charge in [-0.15, -0.1) is 11.8 Å². The molecule has 0 radical (unpaired) electrons. The minimum absolute atomic E-state index is 0.0146. The van der Waals surface area contributed by atoms with Crippen molar-refractivity contribution in [1.29, 1.82) is 0 Å². The lowest BCUT2D eigenvalue weighted by Gasteiger charge is -2.14. The Hall–Kier alpha value is -1.52. The van der Waals surface area contributed by atoms with Crippen molar-refractivity contribution < 1.29 is 4.79 Å². The number of carbonyl (C=O) groups excluding carboxylic acids is 1. The maximum Gasteiger partial charge on any atom is 0.230 e. The second-order valence-electron chi connectivity index (χ2n) is 4.29. The van der Waals surface area contributed by atoms with Crippen LogP contribution in [-0.2, 0) is 4.79 Å². The molecular weight excluding hydrogens is 292 g/mol. The number of aromatic nitrogens is 1. The molecule has 0 aliphatic rings. The van der Waals surface area contributed by atoms with Crippen LogP contribution in [-0.4, -0.2) is 16.6 Å². The van der Waals surface area contributed by atoms with Crippen LogP contribution in [0.3, 0.4) is 0 Å². The van der Waals surface area contributed by atoms with E-state index < -0.39 is 0 Å². The third kappa shape index (κ3) is 4.25. The van der Waals surface area contributed by atoms with Crippen LogP contribution < -0.4 is 5.32 Å². The standard InChI is InChI=1S/C15H15ClN2OS/c1-11(12-6-8-17-9-7-12)18-15(19)10-20-14-5-3-2-4-13(14)16/h2-9,11H,10H2,1H3,(H,18,19). The predicted molar refractivity (Wildman–Crippen MR) is 83.0 cm³/mol. The molecule has 2 aromatic rings. The van der Waals surface area contributed by atoms with Gasteiger partial charge in [-0.05, 0) is 36.8 Å². The number of benzene rings is 1. The van der Waals surface area contributed by atoms with Gasteiger partial charge in [-0.1, -0.05) is 23.7 Å². The van der Waals surface area contributed by atoms with E-state index in [4.69, 9.17) is 11.6 Å². The number of halogens is 1. The van der Waals surface area contributed by atoms with Gasteiger partial charge in [0.2, 0.25) is 5.91 Å². The predicted octanol–water partition coefficient (Wildman–Crippen LogP) is 3.70. The molecule has 0 aliphatic carbocycles. The highest BCUT2D eigenvalue weighted by atomic mass is 35.5. The molecule has 1 heterocycles. The molecule has 0 fully saturated rings. The molecule has 1 aromatic heterocycles. The van der Waals surface area contributed by atoms with Gasteiger partial charge in [0, 0.05) is 17.3 Å². The monoisotopic (exact) mass is 306 g/mol. The lowest BCUT2D eigenvalue weighted by molar-refractivity contribution is -0.119. The van der Waals surface area contributed by atoms with E-state index in [9.17, 15) is 4.79 Å². The maximum absolute atomic E-state index is 11.9. The summed E-state index contributed by atoms with van der Waals surface area (Å²) in [6.45, 7) is 1.95. The van der Waals surface area contributed by atoms with Gasteiger partial charge in [-0.3, -0.25) is 9.78 Å². The number of hydrogen-bond acceptors (Lipinski definition) is 3. The second-order valence-corrected chi connectivity index (χ2v) is 5.71. The molecule has 1 amide bonds. The average molecular weight is 307 g/mol. The van der Waals surface area contributed by atoms with Gasteiger partial charge in [0.15, 0.2) is 0 Å². The molecule has 1 N–H and O–H groups in total. The molecule has 1 aromatic carbocycles. The fraction of sp³-hybridized carbons (Fsp3) is 0.200. The van der Waals surface area contributed by atoms with Crippen molar-refractivity contribution in [3.05, 3.63) is 59.4 Å². The van der Waals surface area contributed by atoms with E-state index in [-0.39, 0.29) is 11.9 Å². The van der Waals surface area contributed by atoms with Crippen LogP contribution in [0.15, 0.2) is 53.7 Å². The molecule has 1 atom stereocenters. The van der Waals surface area contributed by atoms with Gasteiger partial charge in [0.1, 0.15) is 0 Å². The summed E-state index contributed by atoms with van der Waals surface area (Å²) in [4.78, 5) is 16.8. The van der Waals surface area contributed by atoms with Gasteiger partial charge in [-0.25, -0.2) is 0 Å². The van der Waals surface area contributed by atoms with Crippen molar-refractivity contribution in [1.82, 2.24) is 10.3 Å². The molecule has 0 saturated heterocycles. The second kappa shape index (κ2) is 7.31. The Morgan fingerprint density at radius 2 is 2.00 bits per heavy atom. The molecule has 0 aliphatic heterocycles. The number of hydrogen-bond donors (Lipinski definition) is 1. The molecule has 0 saturated carbocycles. The first-order valence-corrected chi connectivity index (χ1v) is 7.60. The number of thioether (sulfide) groups is 1. The highest BCUT2D eigenvalue weighted by Gasteiger charge is 2.10. The fourth-order valence-electron chi connectivity index (χ4n) is 1.72. The normalized spacial score (nSPS) is 11.9. The molecule has 20 heavy (non-hydrogen) atoms. The third-order valence-corrected chi connectivity index (χ3v) is 4.29. The quantitative estimate of drug-likeness (QED) is 0.856. The van der Waals surface area contributed by atoms with E-state index in [0.29, 0.717) is 10.8 Å². The van der Waals surface area contributed by atoms with Gasteiger partial charge in [-0.2, -0.15) is 0 Å². The van der Waals surface area contributed by atoms with Crippen molar-refractivity contribution in [2.45, 2.75) is 17.9 Å². The Bertz CT molecular complexity index is 577. The minimum atomic E-state index is -0.0302. The Morgan fingerprint density at radius 3 is 2.70 bits per heavy atom. The van der Waals surface area contributed by atoms with E-state index in [0.717, 1.165) is 10.5 Å². The van der Waals surface area contributed by atoms with Crippen LogP contribution in [0.4, 0.5) is 0 Å². The smallest absolute Gasteiger partial charge is 0.230 e. The first-order valence-electron chi connectivity index (χ1n) is 6.23. The highest BCUT2D eigenvalue weighted by Crippen LogP contribution is 2.26. The van der Waals surface area contributed by atoms with Crippen LogP contribution in [0.5, 0.6) is 0 Å². The summed E-state index contributed by atoms with van der Waals surface area (Å²) >= 11 is 7.49. The first kappa shape index (κ1) is 14.9. The Morgan fingerprint density at radius 1 is 1.30 bits per heavy atom. The number of pyridine rings is 1. The molecule has 0 bridgehead atoms. The molecule has 2 rings (SSSR count). The van der Waals surface area contributed by atoms with Crippen LogP contribution in [0.25, 0.3) is 0 Å². The van der Waals surface area contributed by atoms with Crippen LogP contribution in [0, 0.1) is 0 Å². The van der Waals surface area contributed by atoms with Gasteiger partial charge >= 0.3 is 0 Å². The lowest BCUT2D eigenvalue weighted by Crippen LogP contribution is -2.28. The summed E-state index contributed by atoms with van der Waals surface area (Å²) in [5, 5.41) is 3.63. The van der Waals surface area contributed by atoms with Crippen molar-refractivity contribution in [3.63, 3.8) is 0 Å². The lowest BCUT2D eigenvalue weighted by atomic mass is 10.1. The fourth-order valence-corrected chi connectivity index (χ4v) is 2.77. The molecule has 1 unspecified atom stereocenters. The maximum atomic E-state index is 11.9. The van der Waals surface area contributed by atoms with Crippen molar-refractivity contribution in [2.24, 2.45) is 0 Å². The number of nitrogens with zero attached hydrogens (tertiary/aromatic N) is 1. The summed E-state index contributed by atoms with van der Waals surface area (Å²) in [5.41, 5.74) is 1.04. The van der Waals surface area contributed by atoms with Gasteiger partial charge < -0.3 is 5.32 Å². The van der Waals surface area contributed by atoms with E-state index in [1.807, 2.05) is 43.3 Å². The number of carbonyl (C=O) groups is 1. The zero-order chi connectivity index (χ0) is 14.4. The van der Waals surface area contributed by atoms with Crippen LogP contribution in [0.2, 0.25) is 5.02 Å².